The largest absolute Gasteiger partial charge is 0.303 e. The molecule has 2 nitrogen and oxygen atoms in total. The van der Waals surface area contributed by atoms with Crippen LogP contribution in [0, 0.1) is 5.92 Å². The zero-order chi connectivity index (χ0) is 10.6. The smallest absolute Gasteiger partial charge is 0.122 e. The molecule has 0 N–H and O–H groups in total. The molecule has 82 valence electrons. The van der Waals surface area contributed by atoms with Crippen molar-refractivity contribution in [2.75, 3.05) is 0 Å². The van der Waals surface area contributed by atoms with Gasteiger partial charge in [0.15, 0.2) is 0 Å². The molecule has 0 aliphatic carbocycles. The van der Waals surface area contributed by atoms with Crippen LogP contribution in [0.3, 0.4) is 0 Å². The summed E-state index contributed by atoms with van der Waals surface area (Å²) in [6.45, 7) is 1.97. The van der Waals surface area contributed by atoms with E-state index in [9.17, 15) is 9.59 Å². The summed E-state index contributed by atoms with van der Waals surface area (Å²) in [5.74, 6) is 0.227. The molecule has 0 heterocycles. The molecule has 0 aliphatic rings. The van der Waals surface area contributed by atoms with Crippen LogP contribution < -0.4 is 0 Å². The molecule has 14 heavy (non-hydrogen) atoms. The molecule has 0 aliphatic heterocycles. The van der Waals surface area contributed by atoms with Crippen LogP contribution in [0.15, 0.2) is 0 Å². The summed E-state index contributed by atoms with van der Waals surface area (Å²) in [5.41, 5.74) is 0. The van der Waals surface area contributed by atoms with Gasteiger partial charge in [0, 0.05) is 12.3 Å². The summed E-state index contributed by atoms with van der Waals surface area (Å²) in [7, 11) is 0. The Hall–Kier alpha value is -0.660. The predicted molar refractivity (Wildman–Crippen MR) is 58.2 cm³/mol. The minimum atomic E-state index is 0.227. The van der Waals surface area contributed by atoms with E-state index in [1.54, 1.807) is 0 Å². The highest BCUT2D eigenvalue weighted by Gasteiger charge is 1.98. The highest BCUT2D eigenvalue weighted by Crippen LogP contribution is 2.10. The standard InChI is InChI=1S/C12H22O2/c1-12(11-14)9-7-5-3-2-4-6-8-10-13/h10-12H,2-9H2,1H3. The lowest BCUT2D eigenvalue weighted by molar-refractivity contribution is -0.111. The number of rotatable bonds is 10. The number of carbonyl (C=O) groups is 2. The maximum atomic E-state index is 10.3. The molecule has 0 saturated carbocycles. The number of carbonyl (C=O) groups excluding carboxylic acids is 2. The first kappa shape index (κ1) is 13.3. The van der Waals surface area contributed by atoms with Gasteiger partial charge in [-0.3, -0.25) is 0 Å². The van der Waals surface area contributed by atoms with Crippen molar-refractivity contribution in [3.05, 3.63) is 0 Å². The van der Waals surface area contributed by atoms with Crippen molar-refractivity contribution in [2.24, 2.45) is 5.92 Å². The average Bonchev–Trinajstić information content (AvgIpc) is 2.21. The van der Waals surface area contributed by atoms with Gasteiger partial charge in [-0.25, -0.2) is 0 Å². The molecule has 0 radical (unpaired) electrons. The van der Waals surface area contributed by atoms with Crippen LogP contribution in [0.5, 0.6) is 0 Å². The summed E-state index contributed by atoms with van der Waals surface area (Å²) in [5, 5.41) is 0. The molecule has 0 saturated heterocycles. The van der Waals surface area contributed by atoms with Crippen molar-refractivity contribution in [3.63, 3.8) is 0 Å². The first-order valence-electron chi connectivity index (χ1n) is 5.70. The van der Waals surface area contributed by atoms with Crippen molar-refractivity contribution in [1.29, 1.82) is 0 Å². The van der Waals surface area contributed by atoms with Crippen molar-refractivity contribution in [3.8, 4) is 0 Å². The summed E-state index contributed by atoms with van der Waals surface area (Å²) in [6, 6.07) is 0. The van der Waals surface area contributed by atoms with Gasteiger partial charge in [0.2, 0.25) is 0 Å². The zero-order valence-corrected chi connectivity index (χ0v) is 9.21. The van der Waals surface area contributed by atoms with Crippen LogP contribution in [0.1, 0.15) is 58.3 Å². The third kappa shape index (κ3) is 9.43. The molecule has 0 bridgehead atoms. The first-order valence-corrected chi connectivity index (χ1v) is 5.70. The fraction of sp³-hybridized carbons (Fsp3) is 0.833. The van der Waals surface area contributed by atoms with Gasteiger partial charge in [0.05, 0.1) is 0 Å². The minimum absolute atomic E-state index is 0.227. The highest BCUT2D eigenvalue weighted by atomic mass is 16.1. The van der Waals surface area contributed by atoms with Crippen molar-refractivity contribution >= 4 is 12.6 Å². The summed E-state index contributed by atoms with van der Waals surface area (Å²) in [6.07, 6.45) is 10.8. The molecule has 2 heteroatoms. The quantitative estimate of drug-likeness (QED) is 0.399. The monoisotopic (exact) mass is 198 g/mol. The number of hydrogen-bond acceptors (Lipinski definition) is 2. The second-order valence-corrected chi connectivity index (χ2v) is 3.98. The van der Waals surface area contributed by atoms with Crippen LogP contribution in [0.25, 0.3) is 0 Å². The van der Waals surface area contributed by atoms with Gasteiger partial charge in [-0.2, -0.15) is 0 Å². The van der Waals surface area contributed by atoms with Gasteiger partial charge in [-0.15, -0.1) is 0 Å². The van der Waals surface area contributed by atoms with Crippen LogP contribution >= 0.6 is 0 Å². The number of unbranched alkanes of at least 4 members (excludes halogenated alkanes) is 6. The molecule has 0 aromatic heterocycles. The summed E-state index contributed by atoms with van der Waals surface area (Å²) < 4.78 is 0. The van der Waals surface area contributed by atoms with Crippen molar-refractivity contribution in [1.82, 2.24) is 0 Å². The second-order valence-electron chi connectivity index (χ2n) is 3.98. The van der Waals surface area contributed by atoms with Gasteiger partial charge < -0.3 is 9.59 Å². The van der Waals surface area contributed by atoms with E-state index in [0.717, 1.165) is 31.8 Å². The Morgan fingerprint density at radius 1 is 0.929 bits per heavy atom. The van der Waals surface area contributed by atoms with E-state index in [2.05, 4.69) is 0 Å². The Balaban J connectivity index is 2.98. The van der Waals surface area contributed by atoms with E-state index in [4.69, 9.17) is 0 Å². The fourth-order valence-corrected chi connectivity index (χ4v) is 1.47. The van der Waals surface area contributed by atoms with E-state index >= 15 is 0 Å². The van der Waals surface area contributed by atoms with E-state index in [1.807, 2.05) is 6.92 Å². The molecule has 0 aromatic rings. The Labute approximate surface area is 87.1 Å². The summed E-state index contributed by atoms with van der Waals surface area (Å²) >= 11 is 0. The van der Waals surface area contributed by atoms with E-state index in [-0.39, 0.29) is 5.92 Å². The maximum absolute atomic E-state index is 10.3. The van der Waals surface area contributed by atoms with Crippen molar-refractivity contribution in [2.45, 2.75) is 58.3 Å². The molecule has 0 spiro atoms. The number of aldehydes is 2. The van der Waals surface area contributed by atoms with Crippen LogP contribution in [0.2, 0.25) is 0 Å². The lowest BCUT2D eigenvalue weighted by Gasteiger charge is -2.02. The molecular weight excluding hydrogens is 176 g/mol. The number of hydrogen-bond donors (Lipinski definition) is 0. The SMILES string of the molecule is CC(C=O)CCCCCCCCC=O. The third-order valence-electron chi connectivity index (χ3n) is 2.46. The lowest BCUT2D eigenvalue weighted by atomic mass is 10.0. The Morgan fingerprint density at radius 2 is 1.50 bits per heavy atom. The van der Waals surface area contributed by atoms with E-state index in [1.165, 1.54) is 25.7 Å². The van der Waals surface area contributed by atoms with Crippen LogP contribution in [0.4, 0.5) is 0 Å². The molecular formula is C12H22O2. The van der Waals surface area contributed by atoms with Crippen molar-refractivity contribution < 1.29 is 9.59 Å². The van der Waals surface area contributed by atoms with Gasteiger partial charge in [-0.1, -0.05) is 39.0 Å². The van der Waals surface area contributed by atoms with Crippen LogP contribution in [-0.2, 0) is 9.59 Å². The van der Waals surface area contributed by atoms with Gasteiger partial charge in [-0.05, 0) is 12.8 Å². The molecule has 0 amide bonds. The lowest BCUT2D eigenvalue weighted by Crippen LogP contribution is -1.94. The Kier molecular flexibility index (Phi) is 9.93. The maximum Gasteiger partial charge on any atom is 0.122 e. The molecule has 1 unspecified atom stereocenters. The normalized spacial score (nSPS) is 12.4. The molecule has 0 aromatic carbocycles. The van der Waals surface area contributed by atoms with E-state index < -0.39 is 0 Å². The highest BCUT2D eigenvalue weighted by molar-refractivity contribution is 5.52. The van der Waals surface area contributed by atoms with Gasteiger partial charge in [0.25, 0.3) is 0 Å². The van der Waals surface area contributed by atoms with Gasteiger partial charge in [0.1, 0.15) is 12.6 Å². The second kappa shape index (κ2) is 10.4. The average molecular weight is 198 g/mol. The molecule has 0 rings (SSSR count). The first-order chi connectivity index (χ1) is 6.81. The summed E-state index contributed by atoms with van der Waals surface area (Å²) in [4.78, 5) is 20.3. The minimum Gasteiger partial charge on any atom is -0.303 e. The third-order valence-corrected chi connectivity index (χ3v) is 2.46. The Morgan fingerprint density at radius 3 is 2.07 bits per heavy atom. The van der Waals surface area contributed by atoms with Crippen LogP contribution in [-0.4, -0.2) is 12.6 Å². The topological polar surface area (TPSA) is 34.1 Å². The molecule has 0 fully saturated rings. The van der Waals surface area contributed by atoms with Gasteiger partial charge >= 0.3 is 0 Å². The van der Waals surface area contributed by atoms with E-state index in [0.29, 0.717) is 6.42 Å². The predicted octanol–water partition coefficient (Wildman–Crippen LogP) is 3.14. The zero-order valence-electron chi connectivity index (χ0n) is 9.21. The molecule has 1 atom stereocenters. The fourth-order valence-electron chi connectivity index (χ4n) is 1.47. The Bertz CT molecular complexity index is 143.